The van der Waals surface area contributed by atoms with Gasteiger partial charge in [0.25, 0.3) is 0 Å². The molecule has 2 aromatic rings. The number of aromatic nitrogens is 2. The van der Waals surface area contributed by atoms with E-state index in [4.69, 9.17) is 0 Å². The average Bonchev–Trinajstić information content (AvgIpc) is 2.50. The molecule has 0 aromatic carbocycles. The van der Waals surface area contributed by atoms with Crippen molar-refractivity contribution in [3.8, 4) is 0 Å². The largest absolute Gasteiger partial charge is 0.313 e. The summed E-state index contributed by atoms with van der Waals surface area (Å²) in [4.78, 5) is 4.05. The number of fused-ring (bicyclic) bond motifs is 1. The Morgan fingerprint density at radius 3 is 3.18 bits per heavy atom. The second kappa shape index (κ2) is 2.42. The summed E-state index contributed by atoms with van der Waals surface area (Å²) in [6, 6.07) is 6.14. The Morgan fingerprint density at radius 1 is 1.45 bits per heavy atom. The molecule has 0 bridgehead atoms. The van der Waals surface area contributed by atoms with Crippen molar-refractivity contribution < 1.29 is 0 Å². The molecule has 0 atom stereocenters. The van der Waals surface area contributed by atoms with Gasteiger partial charge in [-0.3, -0.25) is 0 Å². The molecule has 0 aliphatic carbocycles. The monoisotopic (exact) mass is 143 g/mol. The zero-order valence-corrected chi connectivity index (χ0v) is 6.36. The molecule has 0 unspecified atom stereocenters. The zero-order valence-electron chi connectivity index (χ0n) is 6.36. The van der Waals surface area contributed by atoms with Crippen LogP contribution in [0.2, 0.25) is 6.82 Å². The minimum Gasteiger partial charge on any atom is -0.313 e. The van der Waals surface area contributed by atoms with Crippen LogP contribution in [0.5, 0.6) is 0 Å². The van der Waals surface area contributed by atoms with Crippen LogP contribution in [0, 0.1) is 0 Å². The van der Waals surface area contributed by atoms with Crippen molar-refractivity contribution in [2.75, 3.05) is 0 Å². The Kier molecular flexibility index (Phi) is 1.42. The van der Waals surface area contributed by atoms with Crippen LogP contribution in [0.4, 0.5) is 0 Å². The summed E-state index contributed by atoms with van der Waals surface area (Å²) in [6.45, 7) is 2.02. The van der Waals surface area contributed by atoms with Crippen LogP contribution >= 0.6 is 0 Å². The first-order valence-electron chi connectivity index (χ1n) is 3.62. The van der Waals surface area contributed by atoms with Gasteiger partial charge in [0.15, 0.2) is 7.28 Å². The van der Waals surface area contributed by atoms with Gasteiger partial charge in [-0.1, -0.05) is 19.0 Å². The summed E-state index contributed by atoms with van der Waals surface area (Å²) in [5, 5.41) is 0. The van der Waals surface area contributed by atoms with Crippen molar-refractivity contribution in [1.82, 2.24) is 9.38 Å². The topological polar surface area (TPSA) is 17.3 Å². The number of hydrogen-bond donors (Lipinski definition) is 0. The summed E-state index contributed by atoms with van der Waals surface area (Å²) in [6.07, 6.45) is 3.68. The highest BCUT2D eigenvalue weighted by atomic mass is 15.0. The molecule has 0 amide bonds. The van der Waals surface area contributed by atoms with E-state index in [0.717, 1.165) is 5.52 Å². The van der Waals surface area contributed by atoms with Crippen molar-refractivity contribution in [2.45, 2.75) is 6.82 Å². The van der Waals surface area contributed by atoms with E-state index in [1.165, 1.54) is 5.59 Å². The van der Waals surface area contributed by atoms with Crippen LogP contribution < -0.4 is 5.59 Å². The summed E-state index contributed by atoms with van der Waals surface area (Å²) in [5.74, 6) is 0. The second-order valence-corrected chi connectivity index (χ2v) is 2.43. The van der Waals surface area contributed by atoms with Crippen molar-refractivity contribution in [1.29, 1.82) is 0 Å². The van der Waals surface area contributed by atoms with E-state index in [2.05, 4.69) is 22.7 Å². The summed E-state index contributed by atoms with van der Waals surface area (Å²) >= 11 is 0. The lowest BCUT2D eigenvalue weighted by Gasteiger charge is -1.99. The summed E-state index contributed by atoms with van der Waals surface area (Å²) in [7, 11) is 2.06. The molecule has 0 saturated heterocycles. The minimum atomic E-state index is 1.14. The normalized spacial score (nSPS) is 10.3. The number of pyridine rings is 1. The number of nitrogens with zero attached hydrogens (tertiary/aromatic N) is 2. The Balaban J connectivity index is 2.79. The van der Waals surface area contributed by atoms with E-state index in [1.807, 2.05) is 31.5 Å². The molecule has 0 fully saturated rings. The molecule has 2 aromatic heterocycles. The molecular weight excluding hydrogens is 135 g/mol. The minimum absolute atomic E-state index is 1.14. The SMILES string of the molecule is C[B]c1cccc2cncn12. The highest BCUT2D eigenvalue weighted by Gasteiger charge is 1.96. The Hall–Kier alpha value is -1.25. The van der Waals surface area contributed by atoms with Crippen LogP contribution in [-0.4, -0.2) is 16.7 Å². The van der Waals surface area contributed by atoms with Crippen molar-refractivity contribution >= 4 is 18.4 Å². The Morgan fingerprint density at radius 2 is 2.36 bits per heavy atom. The lowest BCUT2D eigenvalue weighted by molar-refractivity contribution is 1.19. The molecule has 53 valence electrons. The smallest absolute Gasteiger partial charge is 0.172 e. The maximum Gasteiger partial charge on any atom is 0.172 e. The van der Waals surface area contributed by atoms with Gasteiger partial charge < -0.3 is 4.40 Å². The van der Waals surface area contributed by atoms with Crippen LogP contribution in [0.15, 0.2) is 30.7 Å². The van der Waals surface area contributed by atoms with Gasteiger partial charge in [0.2, 0.25) is 0 Å². The van der Waals surface area contributed by atoms with Gasteiger partial charge in [0, 0.05) is 0 Å². The van der Waals surface area contributed by atoms with Gasteiger partial charge >= 0.3 is 0 Å². The third-order valence-corrected chi connectivity index (χ3v) is 1.78. The standard InChI is InChI=1S/C8H8BN2/c1-9-8-4-2-3-7-5-10-6-11(7)8/h2-6H,1H3. The van der Waals surface area contributed by atoms with Crippen molar-refractivity contribution in [2.24, 2.45) is 0 Å². The third kappa shape index (κ3) is 0.927. The molecule has 0 aliphatic rings. The average molecular weight is 143 g/mol. The van der Waals surface area contributed by atoms with Gasteiger partial charge in [0.05, 0.1) is 18.0 Å². The van der Waals surface area contributed by atoms with E-state index in [-0.39, 0.29) is 0 Å². The van der Waals surface area contributed by atoms with E-state index in [1.54, 1.807) is 0 Å². The highest BCUT2D eigenvalue weighted by Crippen LogP contribution is 1.97. The number of imidazole rings is 1. The molecule has 0 N–H and O–H groups in total. The van der Waals surface area contributed by atoms with Crippen molar-refractivity contribution in [3.63, 3.8) is 0 Å². The quantitative estimate of drug-likeness (QED) is 0.537. The van der Waals surface area contributed by atoms with E-state index in [0.29, 0.717) is 0 Å². The summed E-state index contributed by atoms with van der Waals surface area (Å²) < 4.78 is 2.06. The first kappa shape index (κ1) is 6.46. The first-order chi connectivity index (χ1) is 5.42. The molecule has 2 rings (SSSR count). The second-order valence-electron chi connectivity index (χ2n) is 2.43. The van der Waals surface area contributed by atoms with Crippen LogP contribution in [0.1, 0.15) is 0 Å². The first-order valence-corrected chi connectivity index (χ1v) is 3.62. The van der Waals surface area contributed by atoms with E-state index >= 15 is 0 Å². The number of hydrogen-bond acceptors (Lipinski definition) is 1. The molecule has 3 heteroatoms. The molecule has 0 saturated carbocycles. The third-order valence-electron chi connectivity index (χ3n) is 1.78. The molecule has 2 heterocycles. The van der Waals surface area contributed by atoms with E-state index < -0.39 is 0 Å². The van der Waals surface area contributed by atoms with Crippen LogP contribution in [-0.2, 0) is 0 Å². The van der Waals surface area contributed by atoms with Gasteiger partial charge in [-0.25, -0.2) is 4.98 Å². The van der Waals surface area contributed by atoms with Gasteiger partial charge in [-0.2, -0.15) is 0 Å². The maximum absolute atomic E-state index is 4.05. The molecule has 11 heavy (non-hydrogen) atoms. The molecule has 0 spiro atoms. The molecular formula is C8H8BN2. The summed E-state index contributed by atoms with van der Waals surface area (Å²) in [5.41, 5.74) is 2.32. The highest BCUT2D eigenvalue weighted by molar-refractivity contribution is 6.51. The molecule has 2 nitrogen and oxygen atoms in total. The predicted octanol–water partition coefficient (Wildman–Crippen LogP) is 0.712. The number of rotatable bonds is 1. The van der Waals surface area contributed by atoms with Crippen molar-refractivity contribution in [3.05, 3.63) is 30.7 Å². The zero-order chi connectivity index (χ0) is 7.68. The van der Waals surface area contributed by atoms with Gasteiger partial charge in [0.1, 0.15) is 0 Å². The van der Waals surface area contributed by atoms with Crippen LogP contribution in [0.3, 0.4) is 0 Å². The fourth-order valence-corrected chi connectivity index (χ4v) is 1.21. The Bertz CT molecular complexity index is 367. The van der Waals surface area contributed by atoms with E-state index in [9.17, 15) is 0 Å². The fraction of sp³-hybridized carbons (Fsp3) is 0.125. The van der Waals surface area contributed by atoms with Gasteiger partial charge in [-0.15, -0.1) is 0 Å². The van der Waals surface area contributed by atoms with Crippen LogP contribution in [0.25, 0.3) is 5.52 Å². The fourth-order valence-electron chi connectivity index (χ4n) is 1.21. The predicted molar refractivity (Wildman–Crippen MR) is 46.4 cm³/mol. The molecule has 0 aliphatic heterocycles. The molecule has 1 radical (unpaired) electrons. The van der Waals surface area contributed by atoms with Gasteiger partial charge in [-0.05, 0) is 11.7 Å². The lowest BCUT2D eigenvalue weighted by atomic mass is 9.77. The Labute approximate surface area is 66.1 Å². The lowest BCUT2D eigenvalue weighted by Crippen LogP contribution is -2.18. The maximum atomic E-state index is 4.05.